The highest BCUT2D eigenvalue weighted by molar-refractivity contribution is 7.99. The van der Waals surface area contributed by atoms with Gasteiger partial charge in [0.2, 0.25) is 15.9 Å². The molecule has 1 amide bonds. The van der Waals surface area contributed by atoms with Gasteiger partial charge in [-0.05, 0) is 65.9 Å². The summed E-state index contributed by atoms with van der Waals surface area (Å²) >= 11 is 1.40. The lowest BCUT2D eigenvalue weighted by atomic mass is 9.84. The van der Waals surface area contributed by atoms with Crippen LogP contribution in [-0.2, 0) is 37.3 Å². The molecule has 2 heterocycles. The summed E-state index contributed by atoms with van der Waals surface area (Å²) < 4.78 is 44.1. The van der Waals surface area contributed by atoms with Gasteiger partial charge in [0.1, 0.15) is 6.04 Å². The van der Waals surface area contributed by atoms with Crippen LogP contribution in [0.25, 0.3) is 0 Å². The predicted octanol–water partition coefficient (Wildman–Crippen LogP) is 7.38. The number of aromatic nitrogens is 1. The van der Waals surface area contributed by atoms with E-state index in [1.54, 1.807) is 42.5 Å². The van der Waals surface area contributed by atoms with E-state index in [9.17, 15) is 23.5 Å². The van der Waals surface area contributed by atoms with Gasteiger partial charge in [-0.1, -0.05) is 127 Å². The van der Waals surface area contributed by atoms with Crippen molar-refractivity contribution in [2.45, 2.75) is 60.3 Å². The lowest BCUT2D eigenvalue weighted by molar-refractivity contribution is -0.645. The fraction of sp³-hybridized carbons (Fsp3) is 0.200. The van der Waals surface area contributed by atoms with Gasteiger partial charge in [-0.25, -0.2) is 8.42 Å². The number of aliphatic hydroxyl groups excluding tert-OH is 1. The van der Waals surface area contributed by atoms with Crippen molar-refractivity contribution in [3.63, 3.8) is 0 Å². The molecule has 5 atom stereocenters. The molecule has 0 bridgehead atoms. The molecular formula is C45H43N3O7S2. The van der Waals surface area contributed by atoms with Gasteiger partial charge in [-0.15, -0.1) is 0 Å². The Bertz CT molecular complexity index is 2370. The van der Waals surface area contributed by atoms with Gasteiger partial charge in [0.05, 0.1) is 23.7 Å². The molecule has 1 aliphatic rings. The van der Waals surface area contributed by atoms with Crippen molar-refractivity contribution >= 4 is 33.4 Å². The highest BCUT2D eigenvalue weighted by Crippen LogP contribution is 2.48. The molecule has 12 heteroatoms. The fourth-order valence-electron chi connectivity index (χ4n) is 6.85. The molecule has 0 aliphatic carbocycles. The van der Waals surface area contributed by atoms with Crippen LogP contribution in [0.15, 0.2) is 168 Å². The van der Waals surface area contributed by atoms with Crippen LogP contribution in [0.1, 0.15) is 51.7 Å². The molecule has 1 unspecified atom stereocenters. The second-order valence-electron chi connectivity index (χ2n) is 13.9. The summed E-state index contributed by atoms with van der Waals surface area (Å²) in [6, 6.07) is 44.6. The summed E-state index contributed by atoms with van der Waals surface area (Å²) in [4.78, 5) is 14.1. The van der Waals surface area contributed by atoms with Crippen molar-refractivity contribution in [1.82, 2.24) is 4.72 Å². The number of nitrogens with zero attached hydrogens (tertiary/aromatic N) is 1. The first kappa shape index (κ1) is 39.9. The third-order valence-electron chi connectivity index (χ3n) is 9.81. The molecule has 1 aromatic heterocycles. The molecule has 292 valence electrons. The summed E-state index contributed by atoms with van der Waals surface area (Å²) in [7, 11) is -4.05. The monoisotopic (exact) mass is 801 g/mol. The maximum atomic E-state index is 14.0. The largest absolute Gasteiger partial charge is 0.618 e. The third kappa shape index (κ3) is 9.98. The van der Waals surface area contributed by atoms with E-state index < -0.39 is 40.5 Å². The van der Waals surface area contributed by atoms with Crippen LogP contribution in [0.4, 0.5) is 5.69 Å². The maximum Gasteiger partial charge on any atom is 0.251 e. The number of hydrogen-bond donors (Lipinski definition) is 3. The quantitative estimate of drug-likeness (QED) is 0.0589. The van der Waals surface area contributed by atoms with Crippen LogP contribution in [0, 0.1) is 12.1 Å². The van der Waals surface area contributed by atoms with Crippen molar-refractivity contribution in [3.05, 3.63) is 196 Å². The SMILES string of the molecule is Cc1ccc(S(=O)(=O)N[C@H](Cc2ccccc2)C(=O)Nc2cccc(C3O[C@H](CSc4cccc[n+]4[O-])[C@@H](c4ccccc4)[C@H](c4ccc(CO)cc4)O3)c2)cc1. The number of hydrogen-bond acceptors (Lipinski definition) is 8. The molecular weight excluding hydrogens is 759 g/mol. The van der Waals surface area contributed by atoms with Gasteiger partial charge in [0, 0.05) is 35.1 Å². The van der Waals surface area contributed by atoms with Gasteiger partial charge in [-0.2, -0.15) is 9.45 Å². The van der Waals surface area contributed by atoms with Crippen LogP contribution in [0.5, 0.6) is 0 Å². The van der Waals surface area contributed by atoms with E-state index in [0.717, 1.165) is 32.5 Å². The molecule has 6 aromatic rings. The number of ether oxygens (including phenoxy) is 2. The molecule has 1 saturated heterocycles. The number of sulfonamides is 1. The highest BCUT2D eigenvalue weighted by atomic mass is 32.2. The minimum Gasteiger partial charge on any atom is -0.618 e. The molecule has 5 aromatic carbocycles. The van der Waals surface area contributed by atoms with E-state index in [2.05, 4.69) is 10.0 Å². The number of benzene rings is 5. The second kappa shape index (κ2) is 18.3. The first-order valence-electron chi connectivity index (χ1n) is 18.6. The van der Waals surface area contributed by atoms with Gasteiger partial charge < -0.3 is 25.1 Å². The highest BCUT2D eigenvalue weighted by Gasteiger charge is 2.42. The molecule has 3 N–H and O–H groups in total. The average Bonchev–Trinajstić information content (AvgIpc) is 3.23. The Morgan fingerprint density at radius 2 is 1.47 bits per heavy atom. The van der Waals surface area contributed by atoms with Crippen LogP contribution in [-0.4, -0.2) is 37.3 Å². The van der Waals surface area contributed by atoms with Gasteiger partial charge in [-0.3, -0.25) is 4.79 Å². The fourth-order valence-corrected chi connectivity index (χ4v) is 9.03. The van der Waals surface area contributed by atoms with Gasteiger partial charge in [0.15, 0.2) is 12.5 Å². The zero-order valence-electron chi connectivity index (χ0n) is 31.2. The Morgan fingerprint density at radius 3 is 2.18 bits per heavy atom. The van der Waals surface area contributed by atoms with E-state index in [0.29, 0.717) is 22.0 Å². The summed E-state index contributed by atoms with van der Waals surface area (Å²) in [5, 5.41) is 25.9. The Labute approximate surface area is 337 Å². The van der Waals surface area contributed by atoms with E-state index in [1.807, 2.05) is 104 Å². The van der Waals surface area contributed by atoms with Crippen LogP contribution in [0.3, 0.4) is 0 Å². The zero-order chi connectivity index (χ0) is 39.8. The molecule has 0 radical (unpaired) electrons. The Morgan fingerprint density at radius 1 is 0.789 bits per heavy atom. The predicted molar refractivity (Wildman–Crippen MR) is 220 cm³/mol. The first-order valence-corrected chi connectivity index (χ1v) is 21.0. The zero-order valence-corrected chi connectivity index (χ0v) is 32.8. The third-order valence-corrected chi connectivity index (χ3v) is 12.4. The molecule has 1 fully saturated rings. The van der Waals surface area contributed by atoms with Crippen molar-refractivity contribution in [2.75, 3.05) is 11.1 Å². The summed E-state index contributed by atoms with van der Waals surface area (Å²) in [5.74, 6) is -0.386. The Hall–Kier alpha value is -5.34. The summed E-state index contributed by atoms with van der Waals surface area (Å²) in [6.45, 7) is 1.78. The summed E-state index contributed by atoms with van der Waals surface area (Å²) in [6.07, 6.45) is -0.236. The normalized spacial score (nSPS) is 18.8. The topological polar surface area (TPSA) is 141 Å². The lowest BCUT2D eigenvalue weighted by Gasteiger charge is -2.43. The van der Waals surface area contributed by atoms with Crippen LogP contribution in [0.2, 0.25) is 0 Å². The number of rotatable bonds is 14. The van der Waals surface area contributed by atoms with Crippen molar-refractivity contribution < 1.29 is 32.5 Å². The number of aliphatic hydroxyl groups is 1. The van der Waals surface area contributed by atoms with Crippen molar-refractivity contribution in [2.24, 2.45) is 0 Å². The minimum atomic E-state index is -4.05. The van der Waals surface area contributed by atoms with E-state index in [4.69, 9.17) is 9.47 Å². The van der Waals surface area contributed by atoms with E-state index >= 15 is 0 Å². The lowest BCUT2D eigenvalue weighted by Crippen LogP contribution is -2.45. The number of amides is 1. The molecule has 7 rings (SSSR count). The van der Waals surface area contributed by atoms with Gasteiger partial charge in [0.25, 0.3) is 5.03 Å². The minimum absolute atomic E-state index is 0.0620. The van der Waals surface area contributed by atoms with Crippen LogP contribution < -0.4 is 14.8 Å². The average molecular weight is 802 g/mol. The summed E-state index contributed by atoms with van der Waals surface area (Å²) in [5.41, 5.74) is 5.41. The van der Waals surface area contributed by atoms with Crippen LogP contribution >= 0.6 is 11.8 Å². The number of carbonyl (C=O) groups excluding carboxylic acids is 1. The van der Waals surface area contributed by atoms with E-state index in [1.165, 1.54) is 30.1 Å². The number of thioether (sulfide) groups is 1. The first-order chi connectivity index (χ1) is 27.7. The maximum absolute atomic E-state index is 14.0. The molecule has 0 spiro atoms. The standard InChI is InChI=1S/C45H43N3O7S2/c1-31-18-24-38(25-19-31)57(52,53)47-39(27-32-11-4-2-5-12-32)44(50)46-37-16-10-15-36(28-37)45-54-40(30-56-41-17-8-9-26-48(41)51)42(34-13-6-3-7-14-34)43(55-45)35-22-20-33(29-49)21-23-35/h2-26,28,39-40,42-43,45,47,49H,27,29-30H2,1H3,(H,46,50)/t39-,40-,42-,43+,45?/m1/s1. The number of aryl methyl sites for hydroxylation is 1. The number of anilines is 1. The smallest absolute Gasteiger partial charge is 0.251 e. The number of pyridine rings is 1. The molecule has 1 aliphatic heterocycles. The van der Waals surface area contributed by atoms with Crippen molar-refractivity contribution in [1.29, 1.82) is 0 Å². The molecule has 10 nitrogen and oxygen atoms in total. The van der Waals surface area contributed by atoms with Gasteiger partial charge >= 0.3 is 0 Å². The van der Waals surface area contributed by atoms with Crippen molar-refractivity contribution in [3.8, 4) is 0 Å². The number of carbonyl (C=O) groups is 1. The molecule has 0 saturated carbocycles. The Kier molecular flexibility index (Phi) is 12.8. The second-order valence-corrected chi connectivity index (χ2v) is 16.6. The molecule has 57 heavy (non-hydrogen) atoms. The van der Waals surface area contributed by atoms with E-state index in [-0.39, 0.29) is 23.8 Å². The number of nitrogens with one attached hydrogen (secondary N) is 2. The Balaban J connectivity index is 1.19.